The molecule has 156 valence electrons. The Balaban J connectivity index is 1.88. The highest BCUT2D eigenvalue weighted by molar-refractivity contribution is 7.07. The van der Waals surface area contributed by atoms with Gasteiger partial charge in [0.25, 0.3) is 0 Å². The van der Waals surface area contributed by atoms with Crippen LogP contribution in [0.3, 0.4) is 0 Å². The summed E-state index contributed by atoms with van der Waals surface area (Å²) in [6.07, 6.45) is 0. The zero-order valence-electron chi connectivity index (χ0n) is 18.3. The predicted octanol–water partition coefficient (Wildman–Crippen LogP) is 4.21. The van der Waals surface area contributed by atoms with E-state index in [1.165, 1.54) is 5.19 Å². The summed E-state index contributed by atoms with van der Waals surface area (Å²) in [5.41, 5.74) is 0. The molecular weight excluding hydrogens is 412 g/mol. The Labute approximate surface area is 187 Å². The van der Waals surface area contributed by atoms with Crippen molar-refractivity contribution in [2.45, 2.75) is 19.6 Å². The first-order valence-corrected chi connectivity index (χ1v) is 16.0. The van der Waals surface area contributed by atoms with Crippen molar-refractivity contribution in [3.05, 3.63) is 115 Å². The lowest BCUT2D eigenvalue weighted by molar-refractivity contribution is -0.105. The van der Waals surface area contributed by atoms with Gasteiger partial charge in [0.05, 0.1) is 8.07 Å². The topological polar surface area (TPSA) is 18.5 Å². The smallest absolute Gasteiger partial charge is 0.347 e. The average Bonchev–Trinajstić information content (AvgIpc) is 2.81. The summed E-state index contributed by atoms with van der Waals surface area (Å²) in [6, 6.07) is 39.8. The lowest BCUT2D eigenvalue weighted by atomic mass is 10.3. The van der Waals surface area contributed by atoms with Crippen molar-refractivity contribution in [1.29, 1.82) is 0 Å². The molecule has 0 spiro atoms. The lowest BCUT2D eigenvalue weighted by Gasteiger charge is -2.32. The van der Waals surface area contributed by atoms with Crippen molar-refractivity contribution >= 4 is 37.1 Å². The van der Waals surface area contributed by atoms with Gasteiger partial charge >= 0.3 is 8.32 Å². The highest BCUT2D eigenvalue weighted by Crippen LogP contribution is 2.17. The zero-order chi connectivity index (χ0) is 21.7. The summed E-state index contributed by atoms with van der Waals surface area (Å²) in [5, 5.41) is 4.71. The molecule has 0 amide bonds. The van der Waals surface area contributed by atoms with E-state index < -0.39 is 16.4 Å². The van der Waals surface area contributed by atoms with Crippen LogP contribution in [0.25, 0.3) is 0 Å². The second-order valence-corrected chi connectivity index (χ2v) is 17.0. The van der Waals surface area contributed by atoms with Gasteiger partial charge in [-0.15, -0.1) is 0 Å². The SMILES string of the molecule is C[Si](C)(C)c1ccccc1OO[Si](c1ccccc1)(c1ccccc1)c1ccccc1. The maximum absolute atomic E-state index is 6.67. The molecule has 0 saturated heterocycles. The van der Waals surface area contributed by atoms with E-state index in [1.54, 1.807) is 0 Å². The Kier molecular flexibility index (Phi) is 6.23. The van der Waals surface area contributed by atoms with Gasteiger partial charge in [0.1, 0.15) is 0 Å². The minimum Gasteiger partial charge on any atom is -0.348 e. The Morgan fingerprint density at radius 1 is 0.484 bits per heavy atom. The third kappa shape index (κ3) is 4.42. The van der Waals surface area contributed by atoms with Gasteiger partial charge in [-0.1, -0.05) is 129 Å². The number of benzene rings is 4. The molecule has 0 N–H and O–H groups in total. The maximum Gasteiger partial charge on any atom is 0.347 e. The van der Waals surface area contributed by atoms with Gasteiger partial charge < -0.3 is 4.89 Å². The van der Waals surface area contributed by atoms with Crippen LogP contribution in [-0.2, 0) is 4.58 Å². The number of para-hydroxylation sites is 1. The fourth-order valence-electron chi connectivity index (χ4n) is 3.93. The molecule has 4 heteroatoms. The first kappa shape index (κ1) is 21.3. The molecule has 0 radical (unpaired) electrons. The highest BCUT2D eigenvalue weighted by atomic mass is 28.4. The molecule has 0 aliphatic rings. The molecule has 0 saturated carbocycles. The summed E-state index contributed by atoms with van der Waals surface area (Å²) in [7, 11) is -4.50. The quantitative estimate of drug-likeness (QED) is 0.185. The summed E-state index contributed by atoms with van der Waals surface area (Å²) in [5.74, 6) is 0.821. The minimum absolute atomic E-state index is 0.821. The summed E-state index contributed by atoms with van der Waals surface area (Å²) in [6.45, 7) is 6.97. The number of hydrogen-bond acceptors (Lipinski definition) is 2. The molecule has 0 atom stereocenters. The molecule has 0 heterocycles. The van der Waals surface area contributed by atoms with E-state index in [0.717, 1.165) is 21.3 Å². The van der Waals surface area contributed by atoms with Crippen LogP contribution in [0.2, 0.25) is 19.6 Å². The van der Waals surface area contributed by atoms with Crippen molar-refractivity contribution in [3.8, 4) is 5.75 Å². The van der Waals surface area contributed by atoms with Crippen LogP contribution in [0.15, 0.2) is 115 Å². The standard InChI is InChI=1S/C27H28O2Si2/c1-30(2,3)27-22-14-13-21-26(27)28-29-31(23-15-7-4-8-16-23,24-17-9-5-10-18-24)25-19-11-6-12-20-25/h4-22H,1-3H3. The molecule has 0 aromatic heterocycles. The van der Waals surface area contributed by atoms with Crippen LogP contribution in [0.1, 0.15) is 0 Å². The molecule has 0 unspecified atom stereocenters. The normalized spacial score (nSPS) is 11.8. The Hall–Kier alpha value is -2.93. The summed E-state index contributed by atoms with van der Waals surface area (Å²) < 4.78 is 6.67. The molecule has 0 aliphatic heterocycles. The van der Waals surface area contributed by atoms with Crippen molar-refractivity contribution in [3.63, 3.8) is 0 Å². The lowest BCUT2D eigenvalue weighted by Crippen LogP contribution is -2.69. The molecule has 4 aromatic carbocycles. The van der Waals surface area contributed by atoms with Crippen LogP contribution in [-0.4, -0.2) is 16.4 Å². The molecular formula is C27H28O2Si2. The van der Waals surface area contributed by atoms with Crippen molar-refractivity contribution in [1.82, 2.24) is 0 Å². The van der Waals surface area contributed by atoms with Gasteiger partial charge in [-0.2, -0.15) is 0 Å². The van der Waals surface area contributed by atoms with E-state index in [9.17, 15) is 0 Å². The Morgan fingerprint density at radius 3 is 1.29 bits per heavy atom. The van der Waals surface area contributed by atoms with Crippen LogP contribution in [0, 0.1) is 0 Å². The second kappa shape index (κ2) is 9.06. The average molecular weight is 441 g/mol. The molecule has 4 rings (SSSR count). The van der Waals surface area contributed by atoms with Gasteiger partial charge in [-0.25, -0.2) is 4.58 Å². The number of rotatable bonds is 7. The molecule has 0 aliphatic carbocycles. The van der Waals surface area contributed by atoms with E-state index in [-0.39, 0.29) is 0 Å². The van der Waals surface area contributed by atoms with Crippen LogP contribution < -0.4 is 25.6 Å². The van der Waals surface area contributed by atoms with Gasteiger partial charge in [0, 0.05) is 0 Å². The largest absolute Gasteiger partial charge is 0.348 e. The zero-order valence-corrected chi connectivity index (χ0v) is 20.3. The van der Waals surface area contributed by atoms with Gasteiger partial charge in [0.15, 0.2) is 5.75 Å². The second-order valence-electron chi connectivity index (χ2n) is 8.69. The maximum atomic E-state index is 6.67. The van der Waals surface area contributed by atoms with Crippen molar-refractivity contribution in [2.24, 2.45) is 0 Å². The Bertz CT molecular complexity index is 1010. The predicted molar refractivity (Wildman–Crippen MR) is 135 cm³/mol. The highest BCUT2D eigenvalue weighted by Gasteiger charge is 2.45. The van der Waals surface area contributed by atoms with Gasteiger partial charge in [-0.05, 0) is 26.8 Å². The Morgan fingerprint density at radius 2 is 0.871 bits per heavy atom. The third-order valence-corrected chi connectivity index (χ3v) is 11.3. The summed E-state index contributed by atoms with van der Waals surface area (Å²) >= 11 is 0. The molecule has 31 heavy (non-hydrogen) atoms. The molecule has 4 aromatic rings. The fourth-order valence-corrected chi connectivity index (χ4v) is 8.88. The number of hydrogen-bond donors (Lipinski definition) is 0. The molecule has 0 fully saturated rings. The first-order valence-electron chi connectivity index (χ1n) is 10.6. The van der Waals surface area contributed by atoms with E-state index in [1.807, 2.05) is 30.3 Å². The van der Waals surface area contributed by atoms with Crippen LogP contribution in [0.5, 0.6) is 5.75 Å². The molecule has 2 nitrogen and oxygen atoms in total. The molecule has 0 bridgehead atoms. The third-order valence-electron chi connectivity index (χ3n) is 5.49. The monoisotopic (exact) mass is 440 g/mol. The van der Waals surface area contributed by atoms with E-state index in [4.69, 9.17) is 9.46 Å². The van der Waals surface area contributed by atoms with Gasteiger partial charge in [0.2, 0.25) is 0 Å². The van der Waals surface area contributed by atoms with Crippen LogP contribution >= 0.6 is 0 Å². The van der Waals surface area contributed by atoms with Gasteiger partial charge in [-0.3, -0.25) is 0 Å². The van der Waals surface area contributed by atoms with E-state index >= 15 is 0 Å². The van der Waals surface area contributed by atoms with Crippen molar-refractivity contribution < 1.29 is 9.46 Å². The fraction of sp³-hybridized carbons (Fsp3) is 0.111. The van der Waals surface area contributed by atoms with E-state index in [0.29, 0.717) is 0 Å². The van der Waals surface area contributed by atoms with Crippen molar-refractivity contribution in [2.75, 3.05) is 0 Å². The minimum atomic E-state index is -2.90. The summed E-state index contributed by atoms with van der Waals surface area (Å²) in [4.78, 5) is 6.29. The van der Waals surface area contributed by atoms with Crippen LogP contribution in [0.4, 0.5) is 0 Å². The first-order chi connectivity index (χ1) is 15.0. The van der Waals surface area contributed by atoms with E-state index in [2.05, 4.69) is 105 Å².